The molecule has 0 saturated carbocycles. The lowest BCUT2D eigenvalue weighted by Gasteiger charge is -2.30. The summed E-state index contributed by atoms with van der Waals surface area (Å²) in [6.07, 6.45) is 3.10. The van der Waals surface area contributed by atoms with E-state index in [9.17, 15) is 0 Å². The van der Waals surface area contributed by atoms with Crippen LogP contribution < -0.4 is 4.74 Å². The van der Waals surface area contributed by atoms with E-state index in [1.54, 1.807) is 7.11 Å². The molecule has 0 N–H and O–H groups in total. The van der Waals surface area contributed by atoms with Gasteiger partial charge in [-0.2, -0.15) is 0 Å². The fourth-order valence-corrected chi connectivity index (χ4v) is 4.98. The third kappa shape index (κ3) is 4.12. The number of aryl methyl sites for hydroxylation is 3. The van der Waals surface area contributed by atoms with Gasteiger partial charge in [0.15, 0.2) is 0 Å². The second kappa shape index (κ2) is 9.23. The normalized spacial score (nSPS) is 13.8. The van der Waals surface area contributed by atoms with Crippen molar-refractivity contribution in [3.8, 4) is 17.0 Å². The highest BCUT2D eigenvalue weighted by Gasteiger charge is 2.23. The smallest absolute Gasteiger partial charge is 0.130 e. The number of ether oxygens (including phenoxy) is 1. The Morgan fingerprint density at radius 2 is 1.61 bits per heavy atom. The maximum atomic E-state index is 6.01. The Hall–Kier alpha value is -2.65. The van der Waals surface area contributed by atoms with Crippen molar-refractivity contribution in [2.45, 2.75) is 60.0 Å². The molecule has 3 heteroatoms. The minimum absolute atomic E-state index is 0.869. The monoisotopic (exact) mass is 414 g/mol. The predicted molar refractivity (Wildman–Crippen MR) is 129 cm³/mol. The summed E-state index contributed by atoms with van der Waals surface area (Å²) in [5.41, 5.74) is 11.5. The van der Waals surface area contributed by atoms with E-state index in [1.165, 1.54) is 33.4 Å². The van der Waals surface area contributed by atoms with E-state index in [1.807, 2.05) is 0 Å². The number of methoxy groups -OCH3 is 1. The number of nitrogens with zero attached hydrogens (tertiary/aromatic N) is 2. The van der Waals surface area contributed by atoms with Crippen molar-refractivity contribution in [3.05, 3.63) is 81.5 Å². The topological polar surface area (TPSA) is 25.4 Å². The Kier molecular flexibility index (Phi) is 6.43. The van der Waals surface area contributed by atoms with Crippen LogP contribution in [-0.4, -0.2) is 23.5 Å². The van der Waals surface area contributed by atoms with Gasteiger partial charge in [0.05, 0.1) is 12.8 Å². The first kappa shape index (κ1) is 21.6. The Bertz CT molecular complexity index is 1060. The van der Waals surface area contributed by atoms with E-state index < -0.39 is 0 Å². The van der Waals surface area contributed by atoms with Gasteiger partial charge in [-0.1, -0.05) is 56.3 Å². The van der Waals surface area contributed by atoms with Gasteiger partial charge in [0.1, 0.15) is 5.75 Å². The van der Waals surface area contributed by atoms with E-state index in [2.05, 4.69) is 75.1 Å². The van der Waals surface area contributed by atoms with Gasteiger partial charge in [-0.05, 0) is 55.4 Å². The van der Waals surface area contributed by atoms with Crippen molar-refractivity contribution >= 4 is 0 Å². The molecule has 2 aromatic carbocycles. The molecule has 0 atom stereocenters. The van der Waals surface area contributed by atoms with Crippen LogP contribution in [0.4, 0.5) is 0 Å². The molecular formula is C28H34N2O. The molecule has 0 aliphatic carbocycles. The molecule has 31 heavy (non-hydrogen) atoms. The van der Waals surface area contributed by atoms with Gasteiger partial charge in [0, 0.05) is 42.0 Å². The molecule has 4 rings (SSSR count). The predicted octanol–water partition coefficient (Wildman–Crippen LogP) is 6.06. The third-order valence-corrected chi connectivity index (χ3v) is 6.72. The lowest BCUT2D eigenvalue weighted by molar-refractivity contribution is 0.240. The minimum atomic E-state index is 0.869. The van der Waals surface area contributed by atoms with Gasteiger partial charge in [-0.25, -0.2) is 0 Å². The largest absolute Gasteiger partial charge is 0.496 e. The van der Waals surface area contributed by atoms with Crippen LogP contribution in [0, 0.1) is 13.8 Å². The molecule has 0 fully saturated rings. The van der Waals surface area contributed by atoms with E-state index in [0.29, 0.717) is 0 Å². The average molecular weight is 415 g/mol. The molecule has 3 aromatic rings. The highest BCUT2D eigenvalue weighted by molar-refractivity contribution is 5.73. The zero-order chi connectivity index (χ0) is 22.0. The summed E-state index contributed by atoms with van der Waals surface area (Å²) in [6, 6.07) is 15.4. The van der Waals surface area contributed by atoms with Crippen LogP contribution >= 0.6 is 0 Å². The van der Waals surface area contributed by atoms with Crippen molar-refractivity contribution in [3.63, 3.8) is 0 Å². The highest BCUT2D eigenvalue weighted by atomic mass is 16.5. The Balaban J connectivity index is 1.74. The van der Waals surface area contributed by atoms with Crippen LogP contribution in [0.2, 0.25) is 0 Å². The van der Waals surface area contributed by atoms with Crippen LogP contribution in [0.5, 0.6) is 5.75 Å². The van der Waals surface area contributed by atoms with E-state index >= 15 is 0 Å². The molecule has 0 spiro atoms. The summed E-state index contributed by atoms with van der Waals surface area (Å²) in [7, 11) is 1.80. The van der Waals surface area contributed by atoms with Crippen LogP contribution in [0.25, 0.3) is 11.3 Å². The van der Waals surface area contributed by atoms with E-state index in [4.69, 9.17) is 9.72 Å². The number of aromatic nitrogens is 1. The average Bonchev–Trinajstić information content (AvgIpc) is 2.80. The highest BCUT2D eigenvalue weighted by Crippen LogP contribution is 2.37. The van der Waals surface area contributed by atoms with E-state index in [-0.39, 0.29) is 0 Å². The van der Waals surface area contributed by atoms with Gasteiger partial charge in [0.2, 0.25) is 0 Å². The minimum Gasteiger partial charge on any atom is -0.496 e. The molecule has 0 radical (unpaired) electrons. The lowest BCUT2D eigenvalue weighted by atomic mass is 9.91. The van der Waals surface area contributed by atoms with Gasteiger partial charge in [-0.15, -0.1) is 0 Å². The number of benzene rings is 2. The quantitative estimate of drug-likeness (QED) is 0.490. The summed E-state index contributed by atoms with van der Waals surface area (Å²) >= 11 is 0. The van der Waals surface area contributed by atoms with Gasteiger partial charge in [0.25, 0.3) is 0 Å². The zero-order valence-electron chi connectivity index (χ0n) is 19.6. The third-order valence-electron chi connectivity index (χ3n) is 6.72. The van der Waals surface area contributed by atoms with Crippen molar-refractivity contribution in [1.82, 2.24) is 9.88 Å². The fraction of sp³-hybridized carbons (Fsp3) is 0.393. The molecule has 0 unspecified atom stereocenters. The van der Waals surface area contributed by atoms with Crippen molar-refractivity contribution < 1.29 is 4.74 Å². The van der Waals surface area contributed by atoms with Crippen molar-refractivity contribution in [2.24, 2.45) is 0 Å². The zero-order valence-corrected chi connectivity index (χ0v) is 19.6. The molecular weight excluding hydrogens is 380 g/mol. The standard InChI is InChI=1S/C28H34N2O/c1-6-21-13-10-14-22(7-2)26(21)27-19(3)28(31-5)25(20(4)29-27)18-30-16-15-23-11-8-9-12-24(23)17-30/h8-14H,6-7,15-18H2,1-5H3. The molecule has 1 aliphatic heterocycles. The SMILES string of the molecule is CCc1cccc(CC)c1-c1nc(C)c(CN2CCc3ccccc3C2)c(OC)c1C. The molecule has 1 aromatic heterocycles. The summed E-state index contributed by atoms with van der Waals surface area (Å²) in [5.74, 6) is 0.995. The van der Waals surface area contributed by atoms with Crippen LogP contribution in [0.3, 0.4) is 0 Å². The second-order valence-electron chi connectivity index (χ2n) is 8.57. The van der Waals surface area contributed by atoms with Crippen molar-refractivity contribution in [1.29, 1.82) is 0 Å². The molecule has 162 valence electrons. The lowest BCUT2D eigenvalue weighted by Crippen LogP contribution is -2.30. The molecule has 0 saturated heterocycles. The Morgan fingerprint density at radius 1 is 0.935 bits per heavy atom. The second-order valence-corrected chi connectivity index (χ2v) is 8.57. The number of fused-ring (bicyclic) bond motifs is 1. The number of pyridine rings is 1. The number of rotatable bonds is 6. The maximum Gasteiger partial charge on any atom is 0.130 e. The summed E-state index contributed by atoms with van der Waals surface area (Å²) in [6.45, 7) is 11.7. The summed E-state index contributed by atoms with van der Waals surface area (Å²) in [5, 5.41) is 0. The van der Waals surface area contributed by atoms with Gasteiger partial charge in [-0.3, -0.25) is 9.88 Å². The fourth-order valence-electron chi connectivity index (χ4n) is 4.98. The first-order valence-electron chi connectivity index (χ1n) is 11.5. The molecule has 3 nitrogen and oxygen atoms in total. The molecule has 0 amide bonds. The number of hydrogen-bond donors (Lipinski definition) is 0. The Morgan fingerprint density at radius 3 is 2.26 bits per heavy atom. The van der Waals surface area contributed by atoms with Crippen LogP contribution in [0.15, 0.2) is 42.5 Å². The van der Waals surface area contributed by atoms with Gasteiger partial charge >= 0.3 is 0 Å². The Labute approximate surface area is 187 Å². The van der Waals surface area contributed by atoms with Crippen LogP contribution in [0.1, 0.15) is 52.9 Å². The number of hydrogen-bond acceptors (Lipinski definition) is 3. The van der Waals surface area contributed by atoms with Gasteiger partial charge < -0.3 is 4.74 Å². The summed E-state index contributed by atoms with van der Waals surface area (Å²) < 4.78 is 6.01. The first-order valence-corrected chi connectivity index (χ1v) is 11.5. The summed E-state index contributed by atoms with van der Waals surface area (Å²) in [4.78, 5) is 7.69. The first-order chi connectivity index (χ1) is 15.1. The van der Waals surface area contributed by atoms with Crippen molar-refractivity contribution in [2.75, 3.05) is 13.7 Å². The maximum absolute atomic E-state index is 6.01. The molecule has 0 bridgehead atoms. The molecule has 2 heterocycles. The van der Waals surface area contributed by atoms with Crippen LogP contribution in [-0.2, 0) is 32.4 Å². The van der Waals surface area contributed by atoms with E-state index in [0.717, 1.165) is 61.6 Å². The molecule has 1 aliphatic rings.